The third-order valence-electron chi connectivity index (χ3n) is 18.2. The van der Waals surface area contributed by atoms with E-state index in [1.807, 2.05) is 4.90 Å². The average Bonchev–Trinajstić information content (AvgIpc) is 3.23. The molecule has 2 aliphatic carbocycles. The maximum absolute atomic E-state index is 12.9. The molecule has 0 radical (unpaired) electrons. The fourth-order valence-corrected chi connectivity index (χ4v) is 13.1. The molecule has 0 unspecified atom stereocenters. The fourth-order valence-electron chi connectivity index (χ4n) is 13.1. The number of likely N-dealkylation sites (tertiary alicyclic amines) is 1. The summed E-state index contributed by atoms with van der Waals surface area (Å²) in [6.45, 7) is 28.2. The van der Waals surface area contributed by atoms with E-state index in [1.54, 1.807) is 14.2 Å². The molecular weight excluding hydrogens is 1020 g/mol. The number of non-ortho nitro benzene ring substituents is 1. The van der Waals surface area contributed by atoms with E-state index in [-0.39, 0.29) is 78.0 Å². The van der Waals surface area contributed by atoms with Gasteiger partial charge in [-0.3, -0.25) is 19.9 Å². The molecule has 10 fully saturated rings. The van der Waals surface area contributed by atoms with Crippen LogP contribution in [0.5, 0.6) is 5.75 Å². The van der Waals surface area contributed by atoms with Gasteiger partial charge < -0.3 is 62.3 Å². The van der Waals surface area contributed by atoms with Crippen LogP contribution in [0.1, 0.15) is 100 Å². The first-order valence-electron chi connectivity index (χ1n) is 28.8. The summed E-state index contributed by atoms with van der Waals surface area (Å²) in [6, 6.07) is 5.25. The van der Waals surface area contributed by atoms with Gasteiger partial charge in [0.15, 0.2) is 0 Å². The van der Waals surface area contributed by atoms with E-state index in [0.29, 0.717) is 18.9 Å². The van der Waals surface area contributed by atoms with Crippen molar-refractivity contribution in [1.82, 2.24) is 20.0 Å². The van der Waals surface area contributed by atoms with Crippen LogP contribution in [0.25, 0.3) is 0 Å². The standard InChI is InChI=1S/C26H42N2O6.C23H29NO8.C9H18N2O.CH4/c1-18(2)5-6-21-25(3,34-21)23-22(30-4)20(7-9-26(23)17-32-26)33-24(29)28-15-19(16-28)8-10-27-11-13-31-14-12-27;1-14(2)5-10-18-22(3,32-18)20-19(28-4)17(11-12-23(20)13-29-23)31-21(25)30-16-8-6-15(7-9-16)24(26)27;1(9-7-10-8-9)2-11-3-5-12-6-4-11;/h5,19-23H,6-17H2,1-4H3;5-9,17-20H,10-13H2,1-4H3;9-10H,1-8H2;1H4/t20-,21-,22-,23-,25+,26+;17-,18-,19-,20-,22+,23+;;/m11../s1. The Balaban J connectivity index is 0.000000170. The number of benzene rings is 1. The lowest BCUT2D eigenvalue weighted by Crippen LogP contribution is -2.57. The fraction of sp³-hybridized carbons (Fsp3) is 0.797. The first-order valence-corrected chi connectivity index (χ1v) is 28.8. The summed E-state index contributed by atoms with van der Waals surface area (Å²) in [7, 11) is 3.33. The zero-order chi connectivity index (χ0) is 55.2. The van der Waals surface area contributed by atoms with Crippen LogP contribution in [-0.4, -0.2) is 210 Å². The molecule has 2 spiro atoms. The molecule has 0 aromatic heterocycles. The van der Waals surface area contributed by atoms with Crippen molar-refractivity contribution in [2.75, 3.05) is 119 Å². The van der Waals surface area contributed by atoms with Crippen LogP contribution in [-0.2, 0) is 47.4 Å². The van der Waals surface area contributed by atoms with Crippen molar-refractivity contribution in [3.8, 4) is 5.75 Å². The van der Waals surface area contributed by atoms with Gasteiger partial charge in [-0.2, -0.15) is 0 Å². The SMILES string of the molecule is C.C1CN(CCC2CNC2)CCO1.CO[C@@H]1[C@H](OC(=O)N2CC(CCN3CCOCC3)C2)CC[C@]2(CO2)[C@H]1[C@@]1(C)O[C@@H]1CC=C(C)C.CO[C@@H]1[C@H](OC(=O)Oc2ccc([N+](=O)[O-])cc2)CC[C@]2(CO2)[C@H]1[C@@]1(C)O[C@@H]1CC=C(C)C. The predicted octanol–water partition coefficient (Wildman–Crippen LogP) is 7.60. The number of nitrogens with one attached hydrogen (secondary N) is 1. The van der Waals surface area contributed by atoms with Crippen molar-refractivity contribution >= 4 is 17.9 Å². The third-order valence-corrected chi connectivity index (χ3v) is 18.2. The largest absolute Gasteiger partial charge is 0.514 e. The van der Waals surface area contributed by atoms with Crippen LogP contribution >= 0.6 is 0 Å². The third kappa shape index (κ3) is 15.1. The molecule has 8 heterocycles. The molecule has 444 valence electrons. The number of rotatable bonds is 18. The summed E-state index contributed by atoms with van der Waals surface area (Å²) in [5.74, 6) is 1.66. The molecule has 1 N–H and O–H groups in total. The van der Waals surface area contributed by atoms with Gasteiger partial charge >= 0.3 is 12.2 Å². The van der Waals surface area contributed by atoms with E-state index in [1.165, 1.54) is 61.5 Å². The van der Waals surface area contributed by atoms with Crippen molar-refractivity contribution in [3.05, 3.63) is 57.7 Å². The molecule has 79 heavy (non-hydrogen) atoms. The molecule has 1 amide bonds. The van der Waals surface area contributed by atoms with E-state index in [0.717, 1.165) is 123 Å². The number of morpholine rings is 2. The Labute approximate surface area is 468 Å². The van der Waals surface area contributed by atoms with Crippen LogP contribution < -0.4 is 10.1 Å². The highest BCUT2D eigenvalue weighted by Crippen LogP contribution is 2.61. The number of ether oxygens (including phenoxy) is 11. The van der Waals surface area contributed by atoms with Crippen molar-refractivity contribution in [3.63, 3.8) is 0 Å². The number of amides is 1. The lowest BCUT2D eigenvalue weighted by atomic mass is 9.68. The van der Waals surface area contributed by atoms with E-state index in [2.05, 4.69) is 68.8 Å². The van der Waals surface area contributed by atoms with Gasteiger partial charge in [0, 0.05) is 65.6 Å². The summed E-state index contributed by atoms with van der Waals surface area (Å²) in [6.07, 6.45) is 9.29. The van der Waals surface area contributed by atoms with Gasteiger partial charge in [0.25, 0.3) is 5.69 Å². The summed E-state index contributed by atoms with van der Waals surface area (Å²) in [5, 5.41) is 14.1. The quantitative estimate of drug-likeness (QED) is 0.0374. The van der Waals surface area contributed by atoms with Gasteiger partial charge in [-0.25, -0.2) is 9.59 Å². The van der Waals surface area contributed by atoms with Gasteiger partial charge in [-0.15, -0.1) is 0 Å². The number of hydrogen-bond donors (Lipinski definition) is 1. The van der Waals surface area contributed by atoms with E-state index < -0.39 is 28.9 Å². The predicted molar refractivity (Wildman–Crippen MR) is 295 cm³/mol. The van der Waals surface area contributed by atoms with Crippen LogP contribution in [0.2, 0.25) is 0 Å². The number of allylic oxidation sites excluding steroid dienone is 2. The molecule has 10 aliphatic rings. The van der Waals surface area contributed by atoms with E-state index in [9.17, 15) is 19.7 Å². The number of nitro benzene ring substituents is 1. The molecule has 1 aromatic rings. The number of nitro groups is 1. The molecule has 2 saturated carbocycles. The topological polar surface area (TPSA) is 214 Å². The Morgan fingerprint density at radius 1 is 0.722 bits per heavy atom. The summed E-state index contributed by atoms with van der Waals surface area (Å²) in [4.78, 5) is 42.5. The number of epoxide rings is 4. The zero-order valence-electron chi connectivity index (χ0n) is 47.6. The van der Waals surface area contributed by atoms with Crippen LogP contribution in [0.3, 0.4) is 0 Å². The minimum atomic E-state index is -0.875. The van der Waals surface area contributed by atoms with Gasteiger partial charge in [0.2, 0.25) is 0 Å². The van der Waals surface area contributed by atoms with Gasteiger partial charge in [-0.05, 0) is 143 Å². The highest BCUT2D eigenvalue weighted by molar-refractivity contribution is 5.69. The smallest absolute Gasteiger partial charge is 0.443 e. The van der Waals surface area contributed by atoms with Gasteiger partial charge in [0.05, 0.1) is 68.6 Å². The van der Waals surface area contributed by atoms with E-state index in [4.69, 9.17) is 52.1 Å². The molecule has 8 saturated heterocycles. The van der Waals surface area contributed by atoms with Crippen molar-refractivity contribution < 1.29 is 66.6 Å². The van der Waals surface area contributed by atoms with Gasteiger partial charge in [0.1, 0.15) is 52.6 Å². The van der Waals surface area contributed by atoms with Crippen molar-refractivity contribution in [2.24, 2.45) is 23.7 Å². The minimum Gasteiger partial charge on any atom is -0.443 e. The van der Waals surface area contributed by atoms with Crippen LogP contribution in [0, 0.1) is 33.8 Å². The zero-order valence-corrected chi connectivity index (χ0v) is 47.6. The normalized spacial score (nSPS) is 35.6. The van der Waals surface area contributed by atoms with Crippen molar-refractivity contribution in [2.45, 2.75) is 159 Å². The van der Waals surface area contributed by atoms with Crippen LogP contribution in [0.15, 0.2) is 47.6 Å². The van der Waals surface area contributed by atoms with Gasteiger partial charge in [-0.1, -0.05) is 30.7 Å². The number of nitrogens with zero attached hydrogens (tertiary/aromatic N) is 4. The number of carbonyl (C=O) groups is 2. The summed E-state index contributed by atoms with van der Waals surface area (Å²) >= 11 is 0. The first-order chi connectivity index (χ1) is 37.5. The molecule has 20 heteroatoms. The highest BCUT2D eigenvalue weighted by Gasteiger charge is 2.73. The number of carbonyl (C=O) groups excluding carboxylic acids is 2. The molecule has 1 aromatic carbocycles. The second-order valence-corrected chi connectivity index (χ2v) is 24.2. The average molecular weight is 1110 g/mol. The summed E-state index contributed by atoms with van der Waals surface area (Å²) in [5.41, 5.74) is 1.21. The molecule has 0 bridgehead atoms. The Hall–Kier alpha value is -3.80. The lowest BCUT2D eigenvalue weighted by Gasteiger charge is -2.44. The Bertz CT molecular complexity index is 2230. The molecule has 20 nitrogen and oxygen atoms in total. The van der Waals surface area contributed by atoms with E-state index >= 15 is 0 Å². The monoisotopic (exact) mass is 1110 g/mol. The number of methoxy groups -OCH3 is 2. The Morgan fingerprint density at radius 3 is 1.58 bits per heavy atom. The maximum Gasteiger partial charge on any atom is 0.514 e. The Kier molecular flexibility index (Phi) is 20.7. The Morgan fingerprint density at radius 2 is 1.18 bits per heavy atom. The maximum atomic E-state index is 12.9. The molecule has 8 aliphatic heterocycles. The lowest BCUT2D eigenvalue weighted by molar-refractivity contribution is -0.384. The van der Waals surface area contributed by atoms with Crippen molar-refractivity contribution in [1.29, 1.82) is 0 Å². The summed E-state index contributed by atoms with van der Waals surface area (Å²) < 4.78 is 63.8. The second-order valence-electron chi connectivity index (χ2n) is 24.2. The minimum absolute atomic E-state index is 0. The molecular formula is C59H93N5O15. The highest BCUT2D eigenvalue weighted by atomic mass is 16.7. The molecule has 12 atom stereocenters. The van der Waals surface area contributed by atoms with Crippen LogP contribution in [0.4, 0.5) is 15.3 Å². The first kappa shape index (κ1) is 61.3. The molecule has 11 rings (SSSR count). The number of hydrogen-bond acceptors (Lipinski definition) is 18. The second kappa shape index (κ2) is 26.6.